The van der Waals surface area contributed by atoms with Crippen molar-refractivity contribution in [1.29, 1.82) is 0 Å². The van der Waals surface area contributed by atoms with Crippen molar-refractivity contribution in [3.8, 4) is 0 Å². The smallest absolute Gasteiger partial charge is 0.262 e. The van der Waals surface area contributed by atoms with Gasteiger partial charge in [-0.15, -0.1) is 11.2 Å². The van der Waals surface area contributed by atoms with E-state index < -0.39 is 0 Å². The third-order valence-electron chi connectivity index (χ3n) is 3.59. The molecule has 0 aliphatic carbocycles. The van der Waals surface area contributed by atoms with Gasteiger partial charge in [-0.05, 0) is 18.4 Å². The van der Waals surface area contributed by atoms with Gasteiger partial charge in [0.2, 0.25) is 6.34 Å². The van der Waals surface area contributed by atoms with E-state index in [1.807, 2.05) is 12.3 Å². The number of nitrogens with two attached hydrogens (primary N) is 1. The van der Waals surface area contributed by atoms with E-state index in [-0.39, 0.29) is 10.4 Å². The van der Waals surface area contributed by atoms with E-state index in [1.165, 1.54) is 11.8 Å². The van der Waals surface area contributed by atoms with Gasteiger partial charge in [-0.1, -0.05) is 17.8 Å². The summed E-state index contributed by atoms with van der Waals surface area (Å²) in [5.74, 6) is 7.12. The van der Waals surface area contributed by atoms with Crippen molar-refractivity contribution in [2.75, 3.05) is 6.26 Å². The number of ketones is 1. The Bertz CT molecular complexity index is 820. The van der Waals surface area contributed by atoms with E-state index in [4.69, 9.17) is 5.84 Å². The molecule has 2 heterocycles. The summed E-state index contributed by atoms with van der Waals surface area (Å²) in [5.41, 5.74) is 2.04. The molecular formula is C16H16N5OS+. The Morgan fingerprint density at radius 3 is 3.00 bits per heavy atom. The number of hydrogen-bond acceptors (Lipinski definition) is 6. The second-order valence-corrected chi connectivity index (χ2v) is 5.82. The Morgan fingerprint density at radius 1 is 1.43 bits per heavy atom. The minimum atomic E-state index is -0.138. The molecule has 7 heteroatoms. The highest BCUT2D eigenvalue weighted by Gasteiger charge is 2.38. The number of aromatic nitrogens is 2. The van der Waals surface area contributed by atoms with Crippen LogP contribution in [0.3, 0.4) is 0 Å². The van der Waals surface area contributed by atoms with Gasteiger partial charge in [0.15, 0.2) is 16.6 Å². The maximum absolute atomic E-state index is 12.0. The monoisotopic (exact) mass is 326 g/mol. The molecule has 116 valence electrons. The molecular weight excluding hydrogens is 310 g/mol. The highest BCUT2D eigenvalue weighted by molar-refractivity contribution is 7.98. The summed E-state index contributed by atoms with van der Waals surface area (Å²) in [7, 11) is 0. The number of Topliss-reactive ketones (excluding diaryl/α,β-unsaturated/α-hetero) is 1. The number of benzene rings is 1. The van der Waals surface area contributed by atoms with Gasteiger partial charge in [0.05, 0.1) is 0 Å². The minimum Gasteiger partial charge on any atom is -0.294 e. The van der Waals surface area contributed by atoms with E-state index in [1.54, 1.807) is 36.8 Å². The zero-order valence-corrected chi connectivity index (χ0v) is 13.5. The Labute approximate surface area is 138 Å². The molecule has 23 heavy (non-hydrogen) atoms. The summed E-state index contributed by atoms with van der Waals surface area (Å²) >= 11 is 1.45. The largest absolute Gasteiger partial charge is 0.294 e. The first-order valence-corrected chi connectivity index (χ1v) is 8.20. The van der Waals surface area contributed by atoms with E-state index >= 15 is 0 Å². The van der Waals surface area contributed by atoms with Crippen molar-refractivity contribution in [3.63, 3.8) is 0 Å². The molecule has 2 aromatic rings. The van der Waals surface area contributed by atoms with Crippen molar-refractivity contribution in [3.05, 3.63) is 48.7 Å². The van der Waals surface area contributed by atoms with Crippen LogP contribution in [-0.4, -0.2) is 28.3 Å². The van der Waals surface area contributed by atoms with Gasteiger partial charge in [-0.25, -0.2) is 4.98 Å². The topological polar surface area (TPSA) is 81.2 Å². The summed E-state index contributed by atoms with van der Waals surface area (Å²) in [4.78, 5) is 25.0. The van der Waals surface area contributed by atoms with Crippen molar-refractivity contribution in [2.45, 2.75) is 11.6 Å². The number of rotatable bonds is 5. The first-order valence-electron chi connectivity index (χ1n) is 6.97. The fourth-order valence-electron chi connectivity index (χ4n) is 2.40. The van der Waals surface area contributed by atoms with Gasteiger partial charge in [0, 0.05) is 30.3 Å². The number of carbonyl (C=O) groups excluding carboxylic acids is 1. The fourth-order valence-corrected chi connectivity index (χ4v) is 2.75. The lowest BCUT2D eigenvalue weighted by atomic mass is 10.1. The van der Waals surface area contributed by atoms with E-state index in [2.05, 4.69) is 21.5 Å². The molecule has 0 bridgehead atoms. The molecule has 0 fully saturated rings. The van der Waals surface area contributed by atoms with Crippen molar-refractivity contribution in [1.82, 2.24) is 14.6 Å². The predicted molar refractivity (Wildman–Crippen MR) is 93.2 cm³/mol. The van der Waals surface area contributed by atoms with Crippen molar-refractivity contribution < 1.29 is 4.79 Å². The summed E-state index contributed by atoms with van der Waals surface area (Å²) < 4.78 is -0.138. The first kappa shape index (κ1) is 15.5. The third kappa shape index (κ3) is 2.70. The normalized spacial score (nSPS) is 18.7. The maximum atomic E-state index is 12.0. The lowest BCUT2D eigenvalue weighted by molar-refractivity contribution is 0.0996. The van der Waals surface area contributed by atoms with Crippen LogP contribution >= 0.6 is 11.8 Å². The second kappa shape index (κ2) is 6.04. The van der Waals surface area contributed by atoms with Crippen LogP contribution in [0.2, 0.25) is 0 Å². The molecule has 0 radical (unpaired) electrons. The lowest BCUT2D eigenvalue weighted by Crippen LogP contribution is -2.49. The Hall–Kier alpha value is -2.35. The molecule has 0 saturated heterocycles. The first-order chi connectivity index (χ1) is 11.1. The van der Waals surface area contributed by atoms with Crippen LogP contribution in [0.4, 0.5) is 17.2 Å². The SMILES string of the molecule is C=CCC(=O)c1ccc2c(c1)N=C[N+]2(N)c1ccnc(SC)n1. The molecule has 0 amide bonds. The number of aliphatic imine (C=N–C) groups is 1. The van der Waals surface area contributed by atoms with E-state index in [0.29, 0.717) is 28.6 Å². The van der Waals surface area contributed by atoms with Gasteiger partial charge < -0.3 is 0 Å². The third-order valence-corrected chi connectivity index (χ3v) is 4.15. The van der Waals surface area contributed by atoms with Crippen molar-refractivity contribution in [2.24, 2.45) is 10.8 Å². The number of thioether (sulfide) groups is 1. The van der Waals surface area contributed by atoms with Crippen LogP contribution in [0, 0.1) is 0 Å². The zero-order valence-electron chi connectivity index (χ0n) is 12.6. The minimum absolute atomic E-state index is 0.00623. The molecule has 1 aliphatic heterocycles. The van der Waals surface area contributed by atoms with Crippen LogP contribution in [0.1, 0.15) is 16.8 Å². The van der Waals surface area contributed by atoms with Crippen LogP contribution in [0.5, 0.6) is 0 Å². The Kier molecular flexibility index (Phi) is 4.08. The number of quaternary nitrogens is 1. The van der Waals surface area contributed by atoms with E-state index in [9.17, 15) is 4.79 Å². The molecule has 2 N–H and O–H groups in total. The fraction of sp³-hybridized carbons (Fsp3) is 0.125. The summed E-state index contributed by atoms with van der Waals surface area (Å²) in [6.45, 7) is 3.59. The van der Waals surface area contributed by atoms with Gasteiger partial charge in [0.25, 0.3) is 5.82 Å². The van der Waals surface area contributed by atoms with Crippen LogP contribution in [-0.2, 0) is 0 Å². The molecule has 1 aliphatic rings. The average Bonchev–Trinajstić information content (AvgIpc) is 2.93. The quantitative estimate of drug-likeness (QED) is 0.228. The maximum Gasteiger partial charge on any atom is 0.262 e. The zero-order chi connectivity index (χ0) is 16.4. The molecule has 1 aromatic carbocycles. The molecule has 0 spiro atoms. The van der Waals surface area contributed by atoms with Crippen LogP contribution in [0.25, 0.3) is 0 Å². The second-order valence-electron chi connectivity index (χ2n) is 5.04. The standard InChI is InChI=1S/C16H16N5OS/c1-3-4-14(22)11-5-6-13-12(9-11)19-10-21(13,17)15-7-8-18-16(20-15)23-2/h3,5-10H,1,4,17H2,2H3/q+1. The molecule has 3 rings (SSSR count). The Balaban J connectivity index is 2.02. The predicted octanol–water partition coefficient (Wildman–Crippen LogP) is 3.14. The van der Waals surface area contributed by atoms with Gasteiger partial charge in [-0.3, -0.25) is 4.79 Å². The van der Waals surface area contributed by atoms with Crippen LogP contribution in [0.15, 0.2) is 53.3 Å². The van der Waals surface area contributed by atoms with Gasteiger partial charge >= 0.3 is 0 Å². The van der Waals surface area contributed by atoms with Gasteiger partial charge in [-0.2, -0.15) is 15.8 Å². The molecule has 1 aromatic heterocycles. The highest BCUT2D eigenvalue weighted by Crippen LogP contribution is 2.41. The number of carbonyl (C=O) groups is 1. The number of allylic oxidation sites excluding steroid dienone is 1. The molecule has 1 unspecified atom stereocenters. The average molecular weight is 326 g/mol. The van der Waals surface area contributed by atoms with Crippen molar-refractivity contribution >= 4 is 41.1 Å². The molecule has 1 atom stereocenters. The lowest BCUT2D eigenvalue weighted by Gasteiger charge is -2.22. The molecule has 6 nitrogen and oxygen atoms in total. The summed E-state index contributed by atoms with van der Waals surface area (Å²) in [5, 5.41) is 0.644. The summed E-state index contributed by atoms with van der Waals surface area (Å²) in [6, 6.07) is 7.09. The molecule has 0 saturated carbocycles. The number of hydrogen-bond donors (Lipinski definition) is 1. The Morgan fingerprint density at radius 2 is 2.26 bits per heavy atom. The summed E-state index contributed by atoms with van der Waals surface area (Å²) in [6.07, 6.45) is 7.08. The van der Waals surface area contributed by atoms with Gasteiger partial charge in [0.1, 0.15) is 5.69 Å². The number of nitrogens with zero attached hydrogens (tertiary/aromatic N) is 4. The van der Waals surface area contributed by atoms with E-state index in [0.717, 1.165) is 5.69 Å². The van der Waals surface area contributed by atoms with Crippen LogP contribution < -0.4 is 10.4 Å². The number of fused-ring (bicyclic) bond motifs is 1. The highest BCUT2D eigenvalue weighted by atomic mass is 32.2.